The molecular formula is C21H17N3O7. The summed E-state index contributed by atoms with van der Waals surface area (Å²) in [7, 11) is 0. The first-order valence-electron chi connectivity index (χ1n) is 9.01. The fourth-order valence-electron chi connectivity index (χ4n) is 2.65. The highest BCUT2D eigenvalue weighted by Crippen LogP contribution is 2.22. The van der Waals surface area contributed by atoms with Gasteiger partial charge in [0, 0.05) is 17.3 Å². The number of esters is 1. The monoisotopic (exact) mass is 423 g/mol. The number of hydrogen-bond donors (Lipinski definition) is 2. The Hall–Kier alpha value is -4.47. The molecule has 0 aliphatic carbocycles. The summed E-state index contributed by atoms with van der Waals surface area (Å²) >= 11 is 0. The number of carbonyl (C=O) groups excluding carboxylic acids is 3. The maximum Gasteiger partial charge on any atom is 0.340 e. The molecule has 31 heavy (non-hydrogen) atoms. The molecule has 10 nitrogen and oxygen atoms in total. The summed E-state index contributed by atoms with van der Waals surface area (Å²) in [5.41, 5.74) is 0.729. The average Bonchev–Trinajstić information content (AvgIpc) is 3.29. The highest BCUT2D eigenvalue weighted by molar-refractivity contribution is 6.07. The number of rotatable bonds is 7. The molecule has 1 aromatic heterocycles. The predicted octanol–water partition coefficient (Wildman–Crippen LogP) is 3.54. The largest absolute Gasteiger partial charge is 0.459 e. The lowest BCUT2D eigenvalue weighted by Crippen LogP contribution is -2.22. The van der Waals surface area contributed by atoms with Crippen LogP contribution in [0, 0.1) is 17.0 Å². The van der Waals surface area contributed by atoms with Gasteiger partial charge in [0.1, 0.15) is 0 Å². The van der Waals surface area contributed by atoms with Crippen LogP contribution in [0.5, 0.6) is 0 Å². The number of nitro benzene ring substituents is 1. The van der Waals surface area contributed by atoms with Gasteiger partial charge in [-0.3, -0.25) is 19.7 Å². The number of hydrogen-bond acceptors (Lipinski definition) is 7. The quantitative estimate of drug-likeness (QED) is 0.336. The van der Waals surface area contributed by atoms with Crippen molar-refractivity contribution >= 4 is 34.8 Å². The van der Waals surface area contributed by atoms with E-state index in [1.807, 2.05) is 0 Å². The number of amides is 2. The first-order chi connectivity index (χ1) is 14.8. The van der Waals surface area contributed by atoms with Crippen LogP contribution in [-0.4, -0.2) is 29.3 Å². The second kappa shape index (κ2) is 9.35. The van der Waals surface area contributed by atoms with E-state index >= 15 is 0 Å². The predicted molar refractivity (Wildman–Crippen MR) is 110 cm³/mol. The summed E-state index contributed by atoms with van der Waals surface area (Å²) in [5, 5.41) is 16.0. The molecule has 0 radical (unpaired) electrons. The summed E-state index contributed by atoms with van der Waals surface area (Å²) < 4.78 is 10.0. The maximum atomic E-state index is 12.4. The summed E-state index contributed by atoms with van der Waals surface area (Å²) in [5.74, 6) is -2.00. The second-order valence-corrected chi connectivity index (χ2v) is 6.36. The van der Waals surface area contributed by atoms with E-state index in [1.54, 1.807) is 25.1 Å². The molecule has 3 aromatic rings. The van der Waals surface area contributed by atoms with E-state index in [0.717, 1.165) is 0 Å². The third-order valence-corrected chi connectivity index (χ3v) is 4.16. The third kappa shape index (κ3) is 5.32. The number of benzene rings is 2. The average molecular weight is 423 g/mol. The van der Waals surface area contributed by atoms with Crippen molar-refractivity contribution < 1.29 is 28.5 Å². The molecule has 2 amide bonds. The van der Waals surface area contributed by atoms with Gasteiger partial charge < -0.3 is 19.8 Å². The molecule has 10 heteroatoms. The van der Waals surface area contributed by atoms with E-state index in [4.69, 9.17) is 9.15 Å². The van der Waals surface area contributed by atoms with Gasteiger partial charge in [-0.1, -0.05) is 18.2 Å². The van der Waals surface area contributed by atoms with Crippen molar-refractivity contribution in [3.63, 3.8) is 0 Å². The zero-order chi connectivity index (χ0) is 22.4. The van der Waals surface area contributed by atoms with Gasteiger partial charge in [0.15, 0.2) is 12.4 Å². The highest BCUT2D eigenvalue weighted by Gasteiger charge is 2.18. The molecule has 0 aliphatic heterocycles. The Labute approximate surface area is 176 Å². The Morgan fingerprint density at radius 2 is 1.84 bits per heavy atom. The van der Waals surface area contributed by atoms with E-state index in [9.17, 15) is 24.5 Å². The molecule has 2 aromatic carbocycles. The minimum atomic E-state index is -0.833. The smallest absolute Gasteiger partial charge is 0.340 e. The van der Waals surface area contributed by atoms with Gasteiger partial charge in [-0.15, -0.1) is 0 Å². The molecule has 0 fully saturated rings. The number of carbonyl (C=O) groups is 3. The molecule has 0 unspecified atom stereocenters. The third-order valence-electron chi connectivity index (χ3n) is 4.16. The first kappa shape index (κ1) is 21.2. The molecule has 158 valence electrons. The topological polar surface area (TPSA) is 141 Å². The van der Waals surface area contributed by atoms with Crippen LogP contribution in [0.2, 0.25) is 0 Å². The highest BCUT2D eigenvalue weighted by atomic mass is 16.6. The zero-order valence-corrected chi connectivity index (χ0v) is 16.3. The van der Waals surface area contributed by atoms with Crippen molar-refractivity contribution in [3.05, 3.63) is 87.9 Å². The Morgan fingerprint density at radius 3 is 2.55 bits per heavy atom. The number of aryl methyl sites for hydroxylation is 1. The minimum Gasteiger partial charge on any atom is -0.459 e. The van der Waals surface area contributed by atoms with Crippen molar-refractivity contribution in [1.29, 1.82) is 0 Å². The summed E-state index contributed by atoms with van der Waals surface area (Å²) in [6, 6.07) is 13.4. The zero-order valence-electron chi connectivity index (χ0n) is 16.3. The van der Waals surface area contributed by atoms with Crippen LogP contribution in [-0.2, 0) is 9.53 Å². The van der Waals surface area contributed by atoms with Gasteiger partial charge in [0.05, 0.1) is 22.4 Å². The number of para-hydroxylation sites is 1. The number of nitro groups is 1. The Morgan fingerprint density at radius 1 is 1.06 bits per heavy atom. The van der Waals surface area contributed by atoms with Gasteiger partial charge in [-0.25, -0.2) is 4.79 Å². The van der Waals surface area contributed by atoms with Crippen molar-refractivity contribution in [1.82, 2.24) is 0 Å². The Balaban J connectivity index is 1.62. The lowest BCUT2D eigenvalue weighted by atomic mass is 10.1. The number of anilines is 2. The van der Waals surface area contributed by atoms with E-state index in [0.29, 0.717) is 5.56 Å². The van der Waals surface area contributed by atoms with Crippen LogP contribution in [0.3, 0.4) is 0 Å². The lowest BCUT2D eigenvalue weighted by molar-refractivity contribution is -0.385. The van der Waals surface area contributed by atoms with Crippen LogP contribution in [0.25, 0.3) is 0 Å². The van der Waals surface area contributed by atoms with Crippen molar-refractivity contribution in [2.75, 3.05) is 17.2 Å². The van der Waals surface area contributed by atoms with Crippen LogP contribution < -0.4 is 10.6 Å². The molecule has 0 spiro atoms. The van der Waals surface area contributed by atoms with Crippen LogP contribution in [0.4, 0.5) is 17.1 Å². The van der Waals surface area contributed by atoms with E-state index in [-0.39, 0.29) is 28.4 Å². The normalized spacial score (nSPS) is 10.2. The maximum absolute atomic E-state index is 12.4. The molecule has 2 N–H and O–H groups in total. The van der Waals surface area contributed by atoms with Crippen molar-refractivity contribution in [2.24, 2.45) is 0 Å². The van der Waals surface area contributed by atoms with Gasteiger partial charge in [0.25, 0.3) is 17.5 Å². The van der Waals surface area contributed by atoms with E-state index in [1.165, 1.54) is 42.7 Å². The lowest BCUT2D eigenvalue weighted by Gasteiger charge is -2.10. The molecule has 0 saturated carbocycles. The first-order valence-corrected chi connectivity index (χ1v) is 9.01. The molecule has 3 rings (SSSR count). The minimum absolute atomic E-state index is 0.0428. The summed E-state index contributed by atoms with van der Waals surface area (Å²) in [4.78, 5) is 47.1. The van der Waals surface area contributed by atoms with Crippen molar-refractivity contribution in [3.8, 4) is 0 Å². The summed E-state index contributed by atoms with van der Waals surface area (Å²) in [6.07, 6.45) is 1.34. The Kier molecular flexibility index (Phi) is 6.41. The SMILES string of the molecule is Cc1ccc(NC(=O)COC(=O)c2ccccc2NC(=O)c2ccco2)cc1[N+](=O)[O-]. The fraction of sp³-hybridized carbons (Fsp3) is 0.0952. The standard InChI is InChI=1S/C21H17N3O7/c1-13-8-9-14(11-17(13)24(28)29)22-19(25)12-31-21(27)15-5-2-3-6-16(15)23-20(26)18-7-4-10-30-18/h2-11H,12H2,1H3,(H,22,25)(H,23,26). The number of ether oxygens (including phenoxy) is 1. The second-order valence-electron chi connectivity index (χ2n) is 6.36. The fourth-order valence-corrected chi connectivity index (χ4v) is 2.65. The van der Waals surface area contributed by atoms with E-state index in [2.05, 4.69) is 10.6 Å². The van der Waals surface area contributed by atoms with Crippen LogP contribution >= 0.6 is 0 Å². The number of nitrogens with one attached hydrogen (secondary N) is 2. The van der Waals surface area contributed by atoms with E-state index < -0.39 is 29.3 Å². The molecule has 0 bridgehead atoms. The molecule has 0 saturated heterocycles. The van der Waals surface area contributed by atoms with Gasteiger partial charge >= 0.3 is 5.97 Å². The Bertz CT molecular complexity index is 1140. The van der Waals surface area contributed by atoms with Gasteiger partial charge in [-0.05, 0) is 37.3 Å². The summed E-state index contributed by atoms with van der Waals surface area (Å²) in [6.45, 7) is 0.953. The van der Waals surface area contributed by atoms with Crippen LogP contribution in [0.1, 0.15) is 26.5 Å². The molecule has 0 atom stereocenters. The van der Waals surface area contributed by atoms with Crippen LogP contribution in [0.15, 0.2) is 65.3 Å². The molecular weight excluding hydrogens is 406 g/mol. The number of nitrogens with zero attached hydrogens (tertiary/aromatic N) is 1. The molecule has 0 aliphatic rings. The number of furan rings is 1. The van der Waals surface area contributed by atoms with Gasteiger partial charge in [0.2, 0.25) is 0 Å². The van der Waals surface area contributed by atoms with Gasteiger partial charge in [-0.2, -0.15) is 0 Å². The molecule has 1 heterocycles. The van der Waals surface area contributed by atoms with Crippen molar-refractivity contribution in [2.45, 2.75) is 6.92 Å².